The highest BCUT2D eigenvalue weighted by Crippen LogP contribution is 2.47. The first-order chi connectivity index (χ1) is 9.76. The van der Waals surface area contributed by atoms with Crippen molar-refractivity contribution in [3.63, 3.8) is 0 Å². The Bertz CT molecular complexity index is 431. The summed E-state index contributed by atoms with van der Waals surface area (Å²) >= 11 is 0. The van der Waals surface area contributed by atoms with E-state index >= 15 is 0 Å². The average Bonchev–Trinajstić information content (AvgIpc) is 3.09. The molecular weight excluding hydrogens is 240 g/mol. The molecule has 4 atom stereocenters. The maximum Gasteiger partial charge on any atom is -0.0248 e. The van der Waals surface area contributed by atoms with Gasteiger partial charge in [-0.05, 0) is 73.3 Å². The van der Waals surface area contributed by atoms with Crippen LogP contribution in [0.5, 0.6) is 0 Å². The fraction of sp³-hybridized carbons (Fsp3) is 0.700. The fourth-order valence-corrected chi connectivity index (χ4v) is 4.68. The van der Waals surface area contributed by atoms with E-state index in [4.69, 9.17) is 0 Å². The highest BCUT2D eigenvalue weighted by Gasteiger charge is 2.36. The van der Waals surface area contributed by atoms with Gasteiger partial charge in [0.1, 0.15) is 0 Å². The zero-order chi connectivity index (χ0) is 13.9. The molecule has 110 valence electrons. The SMILES string of the molecule is CC1CC2CCC1C2.CCC1CCc2ccccc2C1. The Morgan fingerprint density at radius 1 is 1.00 bits per heavy atom. The summed E-state index contributed by atoms with van der Waals surface area (Å²) in [5.41, 5.74) is 3.18. The maximum atomic E-state index is 2.42. The summed E-state index contributed by atoms with van der Waals surface area (Å²) in [4.78, 5) is 0. The van der Waals surface area contributed by atoms with Crippen molar-refractivity contribution in [3.8, 4) is 0 Å². The Morgan fingerprint density at radius 3 is 2.35 bits per heavy atom. The highest BCUT2D eigenvalue weighted by molar-refractivity contribution is 5.29. The summed E-state index contributed by atoms with van der Waals surface area (Å²) < 4.78 is 0. The van der Waals surface area contributed by atoms with Gasteiger partial charge in [-0.25, -0.2) is 0 Å². The number of fused-ring (bicyclic) bond motifs is 3. The molecule has 3 aliphatic carbocycles. The van der Waals surface area contributed by atoms with Crippen LogP contribution in [0.1, 0.15) is 63.5 Å². The molecule has 0 saturated heterocycles. The Labute approximate surface area is 125 Å². The van der Waals surface area contributed by atoms with Gasteiger partial charge in [-0.2, -0.15) is 0 Å². The molecule has 0 radical (unpaired) electrons. The number of benzene rings is 1. The van der Waals surface area contributed by atoms with Gasteiger partial charge >= 0.3 is 0 Å². The monoisotopic (exact) mass is 270 g/mol. The van der Waals surface area contributed by atoms with E-state index < -0.39 is 0 Å². The first-order valence-corrected chi connectivity index (χ1v) is 8.83. The second kappa shape index (κ2) is 6.33. The number of aryl methyl sites for hydroxylation is 1. The van der Waals surface area contributed by atoms with E-state index in [0.29, 0.717) is 0 Å². The van der Waals surface area contributed by atoms with Crippen molar-refractivity contribution in [2.75, 3.05) is 0 Å². The molecule has 0 N–H and O–H groups in total. The van der Waals surface area contributed by atoms with Crippen LogP contribution in [0.2, 0.25) is 0 Å². The molecule has 2 bridgehead atoms. The van der Waals surface area contributed by atoms with Gasteiger partial charge in [0.25, 0.3) is 0 Å². The van der Waals surface area contributed by atoms with Crippen LogP contribution in [-0.2, 0) is 12.8 Å². The fourth-order valence-electron chi connectivity index (χ4n) is 4.68. The second-order valence-electron chi connectivity index (χ2n) is 7.44. The summed E-state index contributed by atoms with van der Waals surface area (Å²) in [6.07, 6.45) is 11.6. The third-order valence-electron chi connectivity index (χ3n) is 6.12. The lowest BCUT2D eigenvalue weighted by Gasteiger charge is -2.23. The molecule has 0 heterocycles. The molecular formula is C20H30. The van der Waals surface area contributed by atoms with Crippen molar-refractivity contribution in [2.24, 2.45) is 23.7 Å². The summed E-state index contributed by atoms with van der Waals surface area (Å²) in [7, 11) is 0. The van der Waals surface area contributed by atoms with Crippen LogP contribution in [0.15, 0.2) is 24.3 Å². The molecule has 2 fully saturated rings. The van der Waals surface area contributed by atoms with Gasteiger partial charge in [0.15, 0.2) is 0 Å². The van der Waals surface area contributed by atoms with E-state index in [2.05, 4.69) is 38.1 Å². The molecule has 0 aromatic heterocycles. The van der Waals surface area contributed by atoms with Crippen LogP contribution >= 0.6 is 0 Å². The smallest absolute Gasteiger partial charge is 0.0248 e. The molecule has 0 spiro atoms. The Kier molecular flexibility index (Phi) is 4.48. The van der Waals surface area contributed by atoms with Crippen molar-refractivity contribution in [2.45, 2.75) is 65.2 Å². The molecule has 1 aromatic rings. The molecule has 2 saturated carbocycles. The largest absolute Gasteiger partial charge is 0.0651 e. The van der Waals surface area contributed by atoms with Crippen molar-refractivity contribution < 1.29 is 0 Å². The van der Waals surface area contributed by atoms with Crippen LogP contribution in [-0.4, -0.2) is 0 Å². The van der Waals surface area contributed by atoms with Gasteiger partial charge in [-0.15, -0.1) is 0 Å². The topological polar surface area (TPSA) is 0 Å². The minimum Gasteiger partial charge on any atom is -0.0651 e. The third-order valence-corrected chi connectivity index (χ3v) is 6.12. The third kappa shape index (κ3) is 3.10. The van der Waals surface area contributed by atoms with Gasteiger partial charge in [-0.1, -0.05) is 51.0 Å². The van der Waals surface area contributed by atoms with Gasteiger partial charge < -0.3 is 0 Å². The Hall–Kier alpha value is -0.780. The van der Waals surface area contributed by atoms with E-state index in [0.717, 1.165) is 23.7 Å². The van der Waals surface area contributed by atoms with Crippen LogP contribution in [0.25, 0.3) is 0 Å². The molecule has 20 heavy (non-hydrogen) atoms. The van der Waals surface area contributed by atoms with E-state index in [1.807, 2.05) is 0 Å². The number of hydrogen-bond acceptors (Lipinski definition) is 0. The van der Waals surface area contributed by atoms with Gasteiger partial charge in [-0.3, -0.25) is 0 Å². The van der Waals surface area contributed by atoms with Crippen LogP contribution in [0, 0.1) is 23.7 Å². The van der Waals surface area contributed by atoms with E-state index in [-0.39, 0.29) is 0 Å². The molecule has 0 nitrogen and oxygen atoms in total. The van der Waals surface area contributed by atoms with Gasteiger partial charge in [0.2, 0.25) is 0 Å². The summed E-state index contributed by atoms with van der Waals surface area (Å²) in [6.45, 7) is 4.72. The lowest BCUT2D eigenvalue weighted by atomic mass is 9.83. The van der Waals surface area contributed by atoms with Gasteiger partial charge in [0, 0.05) is 0 Å². The molecule has 0 heteroatoms. The standard InChI is InChI=1S/C12H16.C8H14/c1-2-10-7-8-11-5-3-4-6-12(11)9-10;1-6-4-7-2-3-8(6)5-7/h3-6,10H,2,7-9H2,1H3;6-8H,2-5H2,1H3. The zero-order valence-electron chi connectivity index (χ0n) is 13.3. The predicted octanol–water partition coefficient (Wildman–Crippen LogP) is 5.64. The van der Waals surface area contributed by atoms with Gasteiger partial charge in [0.05, 0.1) is 0 Å². The van der Waals surface area contributed by atoms with Crippen molar-refractivity contribution >= 4 is 0 Å². The molecule has 3 aliphatic rings. The lowest BCUT2D eigenvalue weighted by Crippen LogP contribution is -2.12. The normalized spacial score (nSPS) is 34.3. The summed E-state index contributed by atoms with van der Waals surface area (Å²) in [5.74, 6) is 4.31. The summed E-state index contributed by atoms with van der Waals surface area (Å²) in [6, 6.07) is 8.89. The van der Waals surface area contributed by atoms with Crippen LogP contribution < -0.4 is 0 Å². The molecule has 1 aromatic carbocycles. The molecule has 0 amide bonds. The van der Waals surface area contributed by atoms with Crippen LogP contribution in [0.3, 0.4) is 0 Å². The van der Waals surface area contributed by atoms with Crippen LogP contribution in [0.4, 0.5) is 0 Å². The molecule has 4 unspecified atom stereocenters. The lowest BCUT2D eigenvalue weighted by molar-refractivity contribution is 0.360. The predicted molar refractivity (Wildman–Crippen MR) is 86.9 cm³/mol. The minimum absolute atomic E-state index is 0.944. The quantitative estimate of drug-likeness (QED) is 0.619. The number of hydrogen-bond donors (Lipinski definition) is 0. The van der Waals surface area contributed by atoms with E-state index in [1.165, 1.54) is 25.7 Å². The zero-order valence-corrected chi connectivity index (χ0v) is 13.3. The highest BCUT2D eigenvalue weighted by atomic mass is 14.4. The van der Waals surface area contributed by atoms with E-state index in [1.54, 1.807) is 36.8 Å². The van der Waals surface area contributed by atoms with Crippen molar-refractivity contribution in [1.29, 1.82) is 0 Å². The van der Waals surface area contributed by atoms with E-state index in [9.17, 15) is 0 Å². The second-order valence-corrected chi connectivity index (χ2v) is 7.44. The maximum absolute atomic E-state index is 2.42. The van der Waals surface area contributed by atoms with Crippen molar-refractivity contribution in [3.05, 3.63) is 35.4 Å². The average molecular weight is 270 g/mol. The molecule has 0 aliphatic heterocycles. The summed E-state index contributed by atoms with van der Waals surface area (Å²) in [5, 5.41) is 0. The first kappa shape index (κ1) is 14.2. The van der Waals surface area contributed by atoms with Crippen molar-refractivity contribution in [1.82, 2.24) is 0 Å². The Morgan fingerprint density at radius 2 is 1.80 bits per heavy atom. The Balaban J connectivity index is 0.000000131. The molecule has 4 rings (SSSR count). The minimum atomic E-state index is 0.944. The number of rotatable bonds is 1. The first-order valence-electron chi connectivity index (χ1n) is 8.83.